The van der Waals surface area contributed by atoms with Crippen molar-refractivity contribution in [2.45, 2.75) is 66.2 Å². The molecule has 0 aliphatic carbocycles. The molecule has 0 saturated carbocycles. The molecule has 0 N–H and O–H groups in total. The topological polar surface area (TPSA) is 17.1 Å². The Morgan fingerprint density at radius 3 is 2.40 bits per heavy atom. The lowest BCUT2D eigenvalue weighted by Gasteiger charge is -2.11. The smallest absolute Gasteiger partial charge is 0.132 e. The molecular weight excluding hydrogens is 184 g/mol. The van der Waals surface area contributed by atoms with Crippen LogP contribution in [0.3, 0.4) is 0 Å². The van der Waals surface area contributed by atoms with Crippen LogP contribution in [0.1, 0.15) is 66.2 Å². The molecule has 0 radical (unpaired) electrons. The third kappa shape index (κ3) is 7.35. The quantitative estimate of drug-likeness (QED) is 0.538. The maximum Gasteiger partial charge on any atom is 0.132 e. The van der Waals surface area contributed by atoms with Crippen LogP contribution in [0, 0.1) is 5.92 Å². The first kappa shape index (κ1) is 14.4. The van der Waals surface area contributed by atoms with Gasteiger partial charge in [-0.25, -0.2) is 0 Å². The normalized spacial score (nSPS) is 14.0. The first-order chi connectivity index (χ1) is 7.11. The van der Waals surface area contributed by atoms with E-state index in [4.69, 9.17) is 0 Å². The van der Waals surface area contributed by atoms with Crippen LogP contribution in [0.5, 0.6) is 0 Å². The maximum atomic E-state index is 11.4. The minimum atomic E-state index is 0.424. The SMILES string of the molecule is CCC/C=C(/C)C(C)CCC(=O)CCC. The first-order valence-corrected chi connectivity index (χ1v) is 6.30. The first-order valence-electron chi connectivity index (χ1n) is 6.30. The fraction of sp³-hybridized carbons (Fsp3) is 0.786. The molecule has 88 valence electrons. The summed E-state index contributed by atoms with van der Waals surface area (Å²) in [7, 11) is 0. The second kappa shape index (κ2) is 8.70. The number of hydrogen-bond donors (Lipinski definition) is 0. The number of ketones is 1. The number of unbranched alkanes of at least 4 members (excludes halogenated alkanes) is 1. The Morgan fingerprint density at radius 2 is 1.87 bits per heavy atom. The number of carbonyl (C=O) groups excluding carboxylic acids is 1. The molecule has 0 heterocycles. The monoisotopic (exact) mass is 210 g/mol. The summed E-state index contributed by atoms with van der Waals surface area (Å²) >= 11 is 0. The lowest BCUT2D eigenvalue weighted by molar-refractivity contribution is -0.119. The fourth-order valence-electron chi connectivity index (χ4n) is 1.58. The molecule has 0 aromatic heterocycles. The average Bonchev–Trinajstić information content (AvgIpc) is 2.22. The molecule has 0 aromatic carbocycles. The second-order valence-corrected chi connectivity index (χ2v) is 4.47. The van der Waals surface area contributed by atoms with Gasteiger partial charge in [-0.1, -0.05) is 38.8 Å². The Balaban J connectivity index is 3.82. The zero-order valence-corrected chi connectivity index (χ0v) is 10.8. The van der Waals surface area contributed by atoms with Crippen LogP contribution < -0.4 is 0 Å². The molecule has 1 nitrogen and oxygen atoms in total. The summed E-state index contributed by atoms with van der Waals surface area (Å²) in [4.78, 5) is 11.4. The van der Waals surface area contributed by atoms with E-state index < -0.39 is 0 Å². The van der Waals surface area contributed by atoms with Gasteiger partial charge in [-0.2, -0.15) is 0 Å². The average molecular weight is 210 g/mol. The minimum absolute atomic E-state index is 0.424. The van der Waals surface area contributed by atoms with Crippen molar-refractivity contribution >= 4 is 5.78 Å². The van der Waals surface area contributed by atoms with E-state index in [2.05, 4.69) is 33.8 Å². The molecule has 0 rings (SSSR count). The van der Waals surface area contributed by atoms with Crippen LogP contribution in [0.15, 0.2) is 11.6 Å². The lowest BCUT2D eigenvalue weighted by Crippen LogP contribution is -2.03. The van der Waals surface area contributed by atoms with E-state index in [1.807, 2.05) is 0 Å². The van der Waals surface area contributed by atoms with E-state index in [1.165, 1.54) is 18.4 Å². The van der Waals surface area contributed by atoms with E-state index in [1.54, 1.807) is 0 Å². The van der Waals surface area contributed by atoms with Gasteiger partial charge in [-0.3, -0.25) is 4.79 Å². The zero-order chi connectivity index (χ0) is 11.7. The Labute approximate surface area is 95.0 Å². The molecule has 0 aliphatic rings. The summed E-state index contributed by atoms with van der Waals surface area (Å²) in [6.07, 6.45) is 8.20. The third-order valence-corrected chi connectivity index (χ3v) is 2.92. The van der Waals surface area contributed by atoms with Crippen molar-refractivity contribution in [1.29, 1.82) is 0 Å². The van der Waals surface area contributed by atoms with Gasteiger partial charge < -0.3 is 0 Å². The standard InChI is InChI=1S/C14H26O/c1-5-7-9-12(3)13(4)10-11-14(15)8-6-2/h9,13H,5-8,10-11H2,1-4H3/b12-9-. The van der Waals surface area contributed by atoms with E-state index in [-0.39, 0.29) is 0 Å². The number of hydrogen-bond acceptors (Lipinski definition) is 1. The number of carbonyl (C=O) groups is 1. The van der Waals surface area contributed by atoms with Crippen molar-refractivity contribution in [3.8, 4) is 0 Å². The predicted octanol–water partition coefficient (Wildman–Crippen LogP) is 4.52. The molecule has 0 saturated heterocycles. The highest BCUT2D eigenvalue weighted by Crippen LogP contribution is 2.17. The van der Waals surface area contributed by atoms with Gasteiger partial charge in [0, 0.05) is 12.8 Å². The largest absolute Gasteiger partial charge is 0.300 e. The van der Waals surface area contributed by atoms with E-state index in [9.17, 15) is 4.79 Å². The number of allylic oxidation sites excluding steroid dienone is 2. The van der Waals surface area contributed by atoms with Gasteiger partial charge >= 0.3 is 0 Å². The van der Waals surface area contributed by atoms with Crippen molar-refractivity contribution in [2.24, 2.45) is 5.92 Å². The summed E-state index contributed by atoms with van der Waals surface area (Å²) in [5, 5.41) is 0. The minimum Gasteiger partial charge on any atom is -0.300 e. The van der Waals surface area contributed by atoms with Crippen molar-refractivity contribution < 1.29 is 4.79 Å². The Morgan fingerprint density at radius 1 is 1.20 bits per heavy atom. The second-order valence-electron chi connectivity index (χ2n) is 4.47. The molecule has 0 aromatic rings. The van der Waals surface area contributed by atoms with Crippen LogP contribution >= 0.6 is 0 Å². The Bertz CT molecular complexity index is 203. The van der Waals surface area contributed by atoms with Gasteiger partial charge in [0.1, 0.15) is 5.78 Å². The number of Topliss-reactive ketones (excluding diaryl/α,β-unsaturated/α-hetero) is 1. The highest BCUT2D eigenvalue weighted by molar-refractivity contribution is 5.78. The van der Waals surface area contributed by atoms with Crippen molar-refractivity contribution in [1.82, 2.24) is 0 Å². The van der Waals surface area contributed by atoms with Gasteiger partial charge in [-0.15, -0.1) is 0 Å². The molecular formula is C14H26O. The van der Waals surface area contributed by atoms with Gasteiger partial charge in [0.25, 0.3) is 0 Å². The summed E-state index contributed by atoms with van der Waals surface area (Å²) in [6, 6.07) is 0. The zero-order valence-electron chi connectivity index (χ0n) is 10.8. The summed E-state index contributed by atoms with van der Waals surface area (Å²) in [5.74, 6) is 0.991. The fourth-order valence-corrected chi connectivity index (χ4v) is 1.58. The van der Waals surface area contributed by atoms with Crippen LogP contribution in [-0.2, 0) is 4.79 Å². The van der Waals surface area contributed by atoms with Gasteiger partial charge in [0.05, 0.1) is 0 Å². The summed E-state index contributed by atoms with van der Waals surface area (Å²) in [6.45, 7) is 8.66. The van der Waals surface area contributed by atoms with Gasteiger partial charge in [0.2, 0.25) is 0 Å². The molecule has 0 amide bonds. The third-order valence-electron chi connectivity index (χ3n) is 2.92. The molecule has 15 heavy (non-hydrogen) atoms. The molecule has 1 heteroatoms. The van der Waals surface area contributed by atoms with Crippen LogP contribution in [0.2, 0.25) is 0 Å². The molecule has 0 spiro atoms. The predicted molar refractivity (Wildman–Crippen MR) is 67.0 cm³/mol. The molecule has 1 atom stereocenters. The Kier molecular flexibility index (Phi) is 8.35. The highest BCUT2D eigenvalue weighted by atomic mass is 16.1. The molecule has 1 unspecified atom stereocenters. The lowest BCUT2D eigenvalue weighted by atomic mass is 9.94. The van der Waals surface area contributed by atoms with Crippen molar-refractivity contribution in [2.75, 3.05) is 0 Å². The molecule has 0 bridgehead atoms. The maximum absolute atomic E-state index is 11.4. The van der Waals surface area contributed by atoms with Crippen molar-refractivity contribution in [3.05, 3.63) is 11.6 Å². The van der Waals surface area contributed by atoms with Gasteiger partial charge in [-0.05, 0) is 32.1 Å². The van der Waals surface area contributed by atoms with Crippen LogP contribution in [0.4, 0.5) is 0 Å². The van der Waals surface area contributed by atoms with Crippen molar-refractivity contribution in [3.63, 3.8) is 0 Å². The molecule has 0 aliphatic heterocycles. The summed E-state index contributed by atoms with van der Waals surface area (Å²) in [5.41, 5.74) is 1.45. The summed E-state index contributed by atoms with van der Waals surface area (Å²) < 4.78 is 0. The highest BCUT2D eigenvalue weighted by Gasteiger charge is 2.07. The molecule has 0 fully saturated rings. The van der Waals surface area contributed by atoms with Crippen LogP contribution in [-0.4, -0.2) is 5.78 Å². The number of rotatable bonds is 8. The van der Waals surface area contributed by atoms with Gasteiger partial charge in [0.15, 0.2) is 0 Å². The van der Waals surface area contributed by atoms with E-state index in [0.29, 0.717) is 11.7 Å². The van der Waals surface area contributed by atoms with Crippen LogP contribution in [0.25, 0.3) is 0 Å². The Hall–Kier alpha value is -0.590. The van der Waals surface area contributed by atoms with E-state index >= 15 is 0 Å². The van der Waals surface area contributed by atoms with E-state index in [0.717, 1.165) is 25.7 Å².